The van der Waals surface area contributed by atoms with Gasteiger partial charge in [-0.2, -0.15) is 0 Å². The second-order valence-electron chi connectivity index (χ2n) is 5.60. The van der Waals surface area contributed by atoms with Crippen LogP contribution < -0.4 is 15.5 Å². The molecule has 1 aliphatic heterocycles. The number of anilines is 3. The Hall–Kier alpha value is -2.87. The Morgan fingerprint density at radius 3 is 2.50 bits per heavy atom. The smallest absolute Gasteiger partial charge is 0.0878 e. The number of benzene rings is 3. The molecule has 0 saturated carbocycles. The van der Waals surface area contributed by atoms with Crippen molar-refractivity contribution in [1.82, 2.24) is 0 Å². The Labute approximate surface area is 129 Å². The van der Waals surface area contributed by atoms with Gasteiger partial charge in [0.05, 0.1) is 22.4 Å². The second-order valence-corrected chi connectivity index (χ2v) is 5.60. The highest BCUT2D eigenvalue weighted by molar-refractivity contribution is 5.85. The summed E-state index contributed by atoms with van der Waals surface area (Å²) in [6.07, 6.45) is 0. The highest BCUT2D eigenvalue weighted by atomic mass is 15.2. The van der Waals surface area contributed by atoms with Crippen molar-refractivity contribution < 1.29 is 0 Å². The highest BCUT2D eigenvalue weighted by Gasteiger charge is 2.20. The SMILES string of the molecule is C=c1ccc2c(c1)N(c1ccccc1)c1cc(C)ccc1N=2. The van der Waals surface area contributed by atoms with Crippen molar-refractivity contribution in [2.45, 2.75) is 6.92 Å². The van der Waals surface area contributed by atoms with E-state index in [2.05, 4.69) is 66.9 Å². The van der Waals surface area contributed by atoms with Crippen LogP contribution in [0.5, 0.6) is 0 Å². The lowest BCUT2D eigenvalue weighted by molar-refractivity contribution is 1.16. The summed E-state index contributed by atoms with van der Waals surface area (Å²) < 4.78 is 0. The first kappa shape index (κ1) is 12.8. The van der Waals surface area contributed by atoms with Gasteiger partial charge in [-0.1, -0.05) is 36.9 Å². The Bertz CT molecular complexity index is 959. The predicted octanol–water partition coefficient (Wildman–Crippen LogP) is 4.14. The average Bonchev–Trinajstić information content (AvgIpc) is 2.54. The van der Waals surface area contributed by atoms with Crippen LogP contribution in [-0.4, -0.2) is 0 Å². The van der Waals surface area contributed by atoms with Crippen molar-refractivity contribution in [2.75, 3.05) is 4.90 Å². The fourth-order valence-electron chi connectivity index (χ4n) is 2.86. The number of hydrogen-bond donors (Lipinski definition) is 0. The molecule has 1 heterocycles. The molecular weight excluding hydrogens is 268 g/mol. The van der Waals surface area contributed by atoms with Gasteiger partial charge in [0.15, 0.2) is 0 Å². The zero-order valence-corrected chi connectivity index (χ0v) is 12.5. The predicted molar refractivity (Wildman–Crippen MR) is 91.8 cm³/mol. The fraction of sp³-hybridized carbons (Fsp3) is 0.0500. The maximum absolute atomic E-state index is 4.80. The van der Waals surface area contributed by atoms with Crippen LogP contribution in [0.1, 0.15) is 5.56 Å². The van der Waals surface area contributed by atoms with E-state index in [4.69, 9.17) is 4.99 Å². The highest BCUT2D eigenvalue weighted by Crippen LogP contribution is 2.41. The fourth-order valence-corrected chi connectivity index (χ4v) is 2.86. The summed E-state index contributed by atoms with van der Waals surface area (Å²) in [6, 6.07) is 22.9. The summed E-state index contributed by atoms with van der Waals surface area (Å²) in [5.41, 5.74) is 5.56. The first-order chi connectivity index (χ1) is 10.7. The van der Waals surface area contributed by atoms with E-state index in [1.807, 2.05) is 18.2 Å². The quantitative estimate of drug-likeness (QED) is 0.513. The molecule has 0 unspecified atom stereocenters. The van der Waals surface area contributed by atoms with Crippen molar-refractivity contribution in [1.29, 1.82) is 0 Å². The lowest BCUT2D eigenvalue weighted by Gasteiger charge is -2.29. The van der Waals surface area contributed by atoms with Gasteiger partial charge in [0.2, 0.25) is 0 Å². The van der Waals surface area contributed by atoms with Gasteiger partial charge in [0.25, 0.3) is 0 Å². The monoisotopic (exact) mass is 284 g/mol. The molecule has 0 aromatic heterocycles. The first-order valence-corrected chi connectivity index (χ1v) is 7.36. The molecule has 1 aliphatic rings. The molecule has 3 aromatic rings. The van der Waals surface area contributed by atoms with Crippen LogP contribution in [0.15, 0.2) is 71.7 Å². The third-order valence-electron chi connectivity index (χ3n) is 3.91. The Morgan fingerprint density at radius 1 is 0.864 bits per heavy atom. The summed E-state index contributed by atoms with van der Waals surface area (Å²) in [5, 5.41) is 1.97. The van der Waals surface area contributed by atoms with Crippen LogP contribution >= 0.6 is 0 Å². The van der Waals surface area contributed by atoms with Gasteiger partial charge in [0, 0.05) is 5.69 Å². The van der Waals surface area contributed by atoms with E-state index in [1.165, 1.54) is 5.56 Å². The lowest BCUT2D eigenvalue weighted by atomic mass is 10.1. The van der Waals surface area contributed by atoms with Gasteiger partial charge in [-0.25, -0.2) is 4.99 Å². The summed E-state index contributed by atoms with van der Waals surface area (Å²) in [6.45, 7) is 6.17. The first-order valence-electron chi connectivity index (χ1n) is 7.36. The molecule has 0 amide bonds. The number of fused-ring (bicyclic) bond motifs is 2. The Balaban J connectivity index is 2.08. The molecule has 22 heavy (non-hydrogen) atoms. The zero-order chi connectivity index (χ0) is 15.1. The largest absolute Gasteiger partial charge is 0.306 e. The van der Waals surface area contributed by atoms with Crippen LogP contribution in [0.4, 0.5) is 22.7 Å². The van der Waals surface area contributed by atoms with Crippen LogP contribution in [0.25, 0.3) is 6.58 Å². The molecule has 0 N–H and O–H groups in total. The number of rotatable bonds is 1. The Morgan fingerprint density at radius 2 is 1.68 bits per heavy atom. The van der Waals surface area contributed by atoms with E-state index >= 15 is 0 Å². The standard InChI is InChI=1S/C20H16N2/c1-14-8-10-17-19(12-14)22(16-6-4-3-5-7-16)20-13-15(2)9-11-18(20)21-17/h3-13H,1H2,2H3. The molecule has 2 nitrogen and oxygen atoms in total. The second kappa shape index (κ2) is 4.85. The van der Waals surface area contributed by atoms with Crippen LogP contribution in [0.2, 0.25) is 0 Å². The van der Waals surface area contributed by atoms with E-state index in [0.717, 1.165) is 33.3 Å². The van der Waals surface area contributed by atoms with Gasteiger partial charge < -0.3 is 4.90 Å². The van der Waals surface area contributed by atoms with Crippen molar-refractivity contribution in [3.8, 4) is 0 Å². The van der Waals surface area contributed by atoms with E-state index in [-0.39, 0.29) is 0 Å². The molecule has 0 saturated heterocycles. The molecule has 2 heteroatoms. The van der Waals surface area contributed by atoms with Gasteiger partial charge in [-0.3, -0.25) is 0 Å². The van der Waals surface area contributed by atoms with Gasteiger partial charge in [-0.05, 0) is 54.1 Å². The third-order valence-corrected chi connectivity index (χ3v) is 3.91. The van der Waals surface area contributed by atoms with E-state index in [1.54, 1.807) is 0 Å². The third kappa shape index (κ3) is 2.01. The van der Waals surface area contributed by atoms with Crippen LogP contribution in [-0.2, 0) is 0 Å². The Kier molecular flexibility index (Phi) is 2.83. The normalized spacial score (nSPS) is 12.3. The minimum absolute atomic E-state index is 0.979. The maximum Gasteiger partial charge on any atom is 0.0878 e. The minimum Gasteiger partial charge on any atom is -0.306 e. The van der Waals surface area contributed by atoms with Gasteiger partial charge in [0.1, 0.15) is 0 Å². The number of para-hydroxylation sites is 1. The van der Waals surface area contributed by atoms with Crippen molar-refractivity contribution in [3.63, 3.8) is 0 Å². The molecule has 0 bridgehead atoms. The molecule has 0 spiro atoms. The van der Waals surface area contributed by atoms with Crippen molar-refractivity contribution in [2.24, 2.45) is 4.99 Å². The lowest BCUT2D eigenvalue weighted by Crippen LogP contribution is -2.24. The van der Waals surface area contributed by atoms with E-state index in [9.17, 15) is 0 Å². The van der Waals surface area contributed by atoms with Gasteiger partial charge in [-0.15, -0.1) is 0 Å². The van der Waals surface area contributed by atoms with Crippen molar-refractivity contribution in [3.05, 3.63) is 82.9 Å². The summed E-state index contributed by atoms with van der Waals surface area (Å²) in [5.74, 6) is 0. The summed E-state index contributed by atoms with van der Waals surface area (Å²) in [4.78, 5) is 7.06. The summed E-state index contributed by atoms with van der Waals surface area (Å²) >= 11 is 0. The number of nitrogens with zero attached hydrogens (tertiary/aromatic N) is 2. The molecule has 0 radical (unpaired) electrons. The summed E-state index contributed by atoms with van der Waals surface area (Å²) in [7, 11) is 0. The molecule has 3 aromatic carbocycles. The molecular formula is C20H16N2. The zero-order valence-electron chi connectivity index (χ0n) is 12.5. The molecule has 106 valence electrons. The minimum atomic E-state index is 0.979. The molecule has 0 atom stereocenters. The molecule has 4 rings (SSSR count). The topological polar surface area (TPSA) is 15.6 Å². The van der Waals surface area contributed by atoms with Crippen LogP contribution in [0, 0.1) is 6.92 Å². The molecule has 0 aliphatic carbocycles. The van der Waals surface area contributed by atoms with Crippen molar-refractivity contribution >= 4 is 29.3 Å². The number of aryl methyl sites for hydroxylation is 1. The maximum atomic E-state index is 4.80. The van der Waals surface area contributed by atoms with E-state index < -0.39 is 0 Å². The van der Waals surface area contributed by atoms with E-state index in [0.29, 0.717) is 0 Å². The molecule has 0 fully saturated rings. The van der Waals surface area contributed by atoms with Gasteiger partial charge >= 0.3 is 0 Å². The van der Waals surface area contributed by atoms with Crippen LogP contribution in [0.3, 0.4) is 0 Å². The number of hydrogen-bond acceptors (Lipinski definition) is 2. The average molecular weight is 284 g/mol.